The Morgan fingerprint density at radius 3 is 1.88 bits per heavy atom. The van der Waals surface area contributed by atoms with E-state index in [1.54, 1.807) is 0 Å². The molecule has 1 atom stereocenters. The van der Waals surface area contributed by atoms with Gasteiger partial charge in [0.2, 0.25) is 0 Å². The van der Waals surface area contributed by atoms with Crippen molar-refractivity contribution in [1.82, 2.24) is 0 Å². The Labute approximate surface area is 150 Å². The molecule has 0 saturated heterocycles. The van der Waals surface area contributed by atoms with Gasteiger partial charge in [0.15, 0.2) is 0 Å². The highest BCUT2D eigenvalue weighted by Gasteiger charge is 2.31. The van der Waals surface area contributed by atoms with E-state index in [-0.39, 0.29) is 11.2 Å². The molecule has 2 nitrogen and oxygen atoms in total. The van der Waals surface area contributed by atoms with Crippen molar-refractivity contribution in [2.45, 2.75) is 32.4 Å². The molecular weight excluding hydrogens is 340 g/mol. The number of halogens is 1. The maximum absolute atomic E-state index is 10.8. The van der Waals surface area contributed by atoms with Gasteiger partial charge in [-0.15, -0.1) is 0 Å². The highest BCUT2D eigenvalue weighted by Crippen LogP contribution is 2.49. The van der Waals surface area contributed by atoms with Crippen LogP contribution >= 0.6 is 11.6 Å². The first-order valence-corrected chi connectivity index (χ1v) is 9.59. The van der Waals surface area contributed by atoms with E-state index in [4.69, 9.17) is 11.6 Å². The molecule has 0 heterocycles. The van der Waals surface area contributed by atoms with Gasteiger partial charge in [0.1, 0.15) is 0 Å². The first kappa shape index (κ1) is 17.4. The van der Waals surface area contributed by atoms with Gasteiger partial charge in [-0.05, 0) is 58.2 Å². The second-order valence-electron chi connectivity index (χ2n) is 7.13. The minimum atomic E-state index is -2.05. The molecule has 0 spiro atoms. The van der Waals surface area contributed by atoms with Crippen molar-refractivity contribution in [3.63, 3.8) is 0 Å². The Morgan fingerprint density at radius 1 is 0.958 bits per heavy atom. The summed E-state index contributed by atoms with van der Waals surface area (Å²) in [6.07, 6.45) is 2.04. The van der Waals surface area contributed by atoms with Gasteiger partial charge in [0.05, 0.1) is 0 Å². The molecule has 0 bridgehead atoms. The van der Waals surface area contributed by atoms with Crippen LogP contribution in [0.3, 0.4) is 0 Å². The second-order valence-corrected chi connectivity index (χ2v) is 8.46. The standard InChI is InChI=1S/C20H21ClO2S/c1-20(2)11-18(15-5-3-14(4-6-15)13-24(22)23)19(12-20)16-7-9-17(21)10-8-16/h3-10H,11-13H2,1-2H3,(H,22,23)/p-1. The molecule has 4 heteroatoms. The molecular formula is C20H20ClO2S-. The van der Waals surface area contributed by atoms with Crippen molar-refractivity contribution in [3.8, 4) is 0 Å². The third kappa shape index (κ3) is 3.97. The fourth-order valence-corrected chi connectivity index (χ4v) is 3.97. The van der Waals surface area contributed by atoms with E-state index in [0.717, 1.165) is 23.4 Å². The van der Waals surface area contributed by atoms with Crippen molar-refractivity contribution in [2.75, 3.05) is 0 Å². The number of benzene rings is 2. The van der Waals surface area contributed by atoms with Crippen molar-refractivity contribution in [2.24, 2.45) is 5.41 Å². The average Bonchev–Trinajstić information content (AvgIpc) is 2.84. The minimum Gasteiger partial charge on any atom is -0.772 e. The SMILES string of the molecule is CC1(C)CC(c2ccc(Cl)cc2)=C(c2ccc(CS(=O)[O-])cc2)C1. The van der Waals surface area contributed by atoms with Crippen LogP contribution in [0.4, 0.5) is 0 Å². The van der Waals surface area contributed by atoms with Crippen LogP contribution in [-0.4, -0.2) is 8.76 Å². The molecule has 0 fully saturated rings. The summed E-state index contributed by atoms with van der Waals surface area (Å²) in [5.41, 5.74) is 6.13. The molecule has 126 valence electrons. The van der Waals surface area contributed by atoms with E-state index in [1.807, 2.05) is 36.4 Å². The molecule has 1 aliphatic rings. The van der Waals surface area contributed by atoms with Gasteiger partial charge in [-0.2, -0.15) is 0 Å². The lowest BCUT2D eigenvalue weighted by atomic mass is 9.87. The van der Waals surface area contributed by atoms with Crippen LogP contribution < -0.4 is 0 Å². The van der Waals surface area contributed by atoms with E-state index in [9.17, 15) is 8.76 Å². The lowest BCUT2D eigenvalue weighted by molar-refractivity contribution is 0.406. The quantitative estimate of drug-likeness (QED) is 0.681. The molecule has 0 aliphatic heterocycles. The smallest absolute Gasteiger partial charge is 0.0406 e. The molecule has 0 amide bonds. The molecule has 0 N–H and O–H groups in total. The van der Waals surface area contributed by atoms with E-state index in [0.29, 0.717) is 0 Å². The summed E-state index contributed by atoms with van der Waals surface area (Å²) in [5, 5.41) is 0.744. The summed E-state index contributed by atoms with van der Waals surface area (Å²) in [6.45, 7) is 4.57. The first-order valence-electron chi connectivity index (χ1n) is 7.97. The van der Waals surface area contributed by atoms with Crippen LogP contribution in [0.1, 0.15) is 43.4 Å². The largest absolute Gasteiger partial charge is 0.772 e. The summed E-state index contributed by atoms with van der Waals surface area (Å²) in [6, 6.07) is 15.9. The van der Waals surface area contributed by atoms with Crippen LogP contribution in [0.5, 0.6) is 0 Å². The first-order chi connectivity index (χ1) is 11.3. The summed E-state index contributed by atoms with van der Waals surface area (Å²) < 4.78 is 21.7. The number of rotatable bonds is 4. The molecule has 24 heavy (non-hydrogen) atoms. The Balaban J connectivity index is 1.99. The molecule has 1 aliphatic carbocycles. The third-order valence-corrected chi connectivity index (χ3v) is 5.28. The van der Waals surface area contributed by atoms with Gasteiger partial charge in [-0.1, -0.05) is 72.9 Å². The zero-order valence-corrected chi connectivity index (χ0v) is 15.4. The van der Waals surface area contributed by atoms with Gasteiger partial charge < -0.3 is 4.55 Å². The lowest BCUT2D eigenvalue weighted by Crippen LogP contribution is -2.05. The Hall–Kier alpha value is -1.42. The van der Waals surface area contributed by atoms with Gasteiger partial charge in [0.25, 0.3) is 0 Å². The highest BCUT2D eigenvalue weighted by molar-refractivity contribution is 7.78. The highest BCUT2D eigenvalue weighted by atomic mass is 35.5. The van der Waals surface area contributed by atoms with Crippen LogP contribution in [0, 0.1) is 5.41 Å². The van der Waals surface area contributed by atoms with Gasteiger partial charge in [-0.3, -0.25) is 4.21 Å². The molecule has 3 rings (SSSR count). The van der Waals surface area contributed by atoms with Crippen molar-refractivity contribution in [1.29, 1.82) is 0 Å². The van der Waals surface area contributed by atoms with Crippen LogP contribution in [0.2, 0.25) is 5.02 Å². The molecule has 2 aromatic rings. The third-order valence-electron chi connectivity index (χ3n) is 4.45. The predicted molar refractivity (Wildman–Crippen MR) is 100 cm³/mol. The summed E-state index contributed by atoms with van der Waals surface area (Å²) in [7, 11) is 0. The minimum absolute atomic E-state index is 0.0643. The average molecular weight is 360 g/mol. The van der Waals surface area contributed by atoms with Gasteiger partial charge >= 0.3 is 0 Å². The summed E-state index contributed by atoms with van der Waals surface area (Å²) in [4.78, 5) is 0. The fourth-order valence-electron chi connectivity index (χ4n) is 3.37. The number of hydrogen-bond donors (Lipinski definition) is 0. The van der Waals surface area contributed by atoms with Crippen molar-refractivity contribution < 1.29 is 8.76 Å². The van der Waals surface area contributed by atoms with E-state index in [1.165, 1.54) is 22.3 Å². The van der Waals surface area contributed by atoms with Crippen molar-refractivity contribution >= 4 is 33.8 Å². The Morgan fingerprint density at radius 2 is 1.42 bits per heavy atom. The normalized spacial score (nSPS) is 18.0. The maximum atomic E-state index is 10.8. The Bertz CT molecular complexity index is 789. The molecule has 0 saturated carbocycles. The molecule has 0 radical (unpaired) electrons. The monoisotopic (exact) mass is 359 g/mol. The summed E-state index contributed by atoms with van der Waals surface area (Å²) >= 11 is 3.97. The zero-order valence-electron chi connectivity index (χ0n) is 13.8. The van der Waals surface area contributed by atoms with E-state index in [2.05, 4.69) is 26.0 Å². The van der Waals surface area contributed by atoms with E-state index >= 15 is 0 Å². The van der Waals surface area contributed by atoms with Crippen LogP contribution in [-0.2, 0) is 16.8 Å². The predicted octanol–water partition coefficient (Wildman–Crippen LogP) is 5.45. The maximum Gasteiger partial charge on any atom is 0.0406 e. The van der Waals surface area contributed by atoms with E-state index < -0.39 is 11.1 Å². The summed E-state index contributed by atoms with van der Waals surface area (Å²) in [5.74, 6) is 0.0643. The number of allylic oxidation sites excluding steroid dienone is 2. The molecule has 2 aromatic carbocycles. The van der Waals surface area contributed by atoms with Crippen molar-refractivity contribution in [3.05, 3.63) is 70.2 Å². The van der Waals surface area contributed by atoms with Crippen LogP contribution in [0.25, 0.3) is 11.1 Å². The second kappa shape index (κ2) is 6.83. The lowest BCUT2D eigenvalue weighted by Gasteiger charge is -2.17. The van der Waals surface area contributed by atoms with Gasteiger partial charge in [-0.25, -0.2) is 0 Å². The van der Waals surface area contributed by atoms with Crippen LogP contribution in [0.15, 0.2) is 48.5 Å². The zero-order chi connectivity index (χ0) is 17.3. The molecule has 1 unspecified atom stereocenters. The molecule has 0 aromatic heterocycles. The topological polar surface area (TPSA) is 40.1 Å². The van der Waals surface area contributed by atoms with Gasteiger partial charge in [0, 0.05) is 10.8 Å². The number of hydrogen-bond acceptors (Lipinski definition) is 2. The Kier molecular flexibility index (Phi) is 4.95. The fraction of sp³-hybridized carbons (Fsp3) is 0.300.